The van der Waals surface area contributed by atoms with Crippen LogP contribution in [-0.4, -0.2) is 48.2 Å². The largest absolute Gasteiger partial charge is 0.481 e. The number of nitrogens with zero attached hydrogens (tertiary/aromatic N) is 1. The third-order valence-electron chi connectivity index (χ3n) is 5.35. The molecule has 0 radical (unpaired) electrons. The van der Waals surface area contributed by atoms with Gasteiger partial charge in [0.15, 0.2) is 0 Å². The lowest BCUT2D eigenvalue weighted by molar-refractivity contribution is -0.157. The van der Waals surface area contributed by atoms with Crippen molar-refractivity contribution in [3.8, 4) is 0 Å². The van der Waals surface area contributed by atoms with Crippen molar-refractivity contribution < 1.29 is 19.4 Å². The number of carboxylic acid groups (broad SMARTS) is 1. The molecule has 1 N–H and O–H groups in total. The maximum atomic E-state index is 13.0. The second kappa shape index (κ2) is 6.32. The van der Waals surface area contributed by atoms with Crippen LogP contribution in [0.4, 0.5) is 0 Å². The molecule has 3 atom stereocenters. The van der Waals surface area contributed by atoms with Crippen molar-refractivity contribution in [2.24, 2.45) is 11.3 Å². The maximum Gasteiger partial charge on any atom is 0.311 e. The molecular weight excluding hydrogens is 294 g/mol. The van der Waals surface area contributed by atoms with Gasteiger partial charge in [-0.05, 0) is 18.4 Å². The van der Waals surface area contributed by atoms with Crippen LogP contribution >= 0.6 is 0 Å². The van der Waals surface area contributed by atoms with E-state index in [2.05, 4.69) is 0 Å². The van der Waals surface area contributed by atoms with Crippen LogP contribution in [0.15, 0.2) is 30.3 Å². The van der Waals surface area contributed by atoms with Crippen LogP contribution in [0.2, 0.25) is 0 Å². The number of carbonyl (C=O) groups is 2. The van der Waals surface area contributed by atoms with E-state index < -0.39 is 11.4 Å². The highest BCUT2D eigenvalue weighted by Crippen LogP contribution is 2.43. The number of hydrogen-bond donors (Lipinski definition) is 1. The summed E-state index contributed by atoms with van der Waals surface area (Å²) in [4.78, 5) is 26.6. The Kier molecular flexibility index (Phi) is 4.39. The molecule has 0 saturated carbocycles. The summed E-state index contributed by atoms with van der Waals surface area (Å²) in [6.07, 6.45) is 1.19. The molecule has 1 aromatic rings. The van der Waals surface area contributed by atoms with E-state index in [4.69, 9.17) is 4.74 Å². The number of carboxylic acids is 1. The molecule has 23 heavy (non-hydrogen) atoms. The molecule has 2 aliphatic heterocycles. The Bertz CT molecular complexity index is 588. The van der Waals surface area contributed by atoms with E-state index in [1.165, 1.54) is 0 Å². The minimum Gasteiger partial charge on any atom is -0.481 e. The zero-order valence-corrected chi connectivity index (χ0v) is 13.4. The Morgan fingerprint density at radius 1 is 1.39 bits per heavy atom. The molecule has 1 unspecified atom stereocenters. The van der Waals surface area contributed by atoms with Gasteiger partial charge in [0.25, 0.3) is 0 Å². The third-order valence-corrected chi connectivity index (χ3v) is 5.35. The second-order valence-electron chi connectivity index (χ2n) is 6.57. The van der Waals surface area contributed by atoms with Gasteiger partial charge in [0.2, 0.25) is 5.91 Å². The summed E-state index contributed by atoms with van der Waals surface area (Å²) in [5.74, 6) is -1.07. The lowest BCUT2D eigenvalue weighted by Gasteiger charge is -2.34. The molecule has 124 valence electrons. The molecule has 1 amide bonds. The number of ether oxygens (including phenoxy) is 1. The van der Waals surface area contributed by atoms with Crippen molar-refractivity contribution in [2.45, 2.75) is 25.7 Å². The molecule has 2 fully saturated rings. The summed E-state index contributed by atoms with van der Waals surface area (Å²) in [6.45, 7) is 3.67. The quantitative estimate of drug-likeness (QED) is 0.924. The molecule has 0 bridgehead atoms. The lowest BCUT2D eigenvalue weighted by atomic mass is 9.74. The molecule has 5 heteroatoms. The third kappa shape index (κ3) is 2.74. The highest BCUT2D eigenvalue weighted by molar-refractivity contribution is 5.86. The molecule has 2 saturated heterocycles. The van der Waals surface area contributed by atoms with Crippen molar-refractivity contribution in [1.29, 1.82) is 0 Å². The van der Waals surface area contributed by atoms with Crippen molar-refractivity contribution in [3.05, 3.63) is 35.9 Å². The smallest absolute Gasteiger partial charge is 0.311 e. The highest BCUT2D eigenvalue weighted by atomic mass is 16.5. The van der Waals surface area contributed by atoms with Crippen molar-refractivity contribution in [1.82, 2.24) is 4.90 Å². The number of carbonyl (C=O) groups excluding carboxylic acids is 1. The summed E-state index contributed by atoms with van der Waals surface area (Å²) < 4.78 is 5.46. The van der Waals surface area contributed by atoms with Crippen molar-refractivity contribution >= 4 is 11.9 Å². The van der Waals surface area contributed by atoms with E-state index in [9.17, 15) is 14.7 Å². The average molecular weight is 317 g/mol. The van der Waals surface area contributed by atoms with Gasteiger partial charge in [0.1, 0.15) is 0 Å². The van der Waals surface area contributed by atoms with Gasteiger partial charge in [-0.2, -0.15) is 0 Å². The zero-order valence-electron chi connectivity index (χ0n) is 13.4. The topological polar surface area (TPSA) is 66.8 Å². The van der Waals surface area contributed by atoms with Gasteiger partial charge in [-0.25, -0.2) is 0 Å². The zero-order chi connectivity index (χ0) is 16.4. The van der Waals surface area contributed by atoms with Gasteiger partial charge in [0.05, 0.1) is 17.9 Å². The van der Waals surface area contributed by atoms with Crippen LogP contribution in [0.3, 0.4) is 0 Å². The van der Waals surface area contributed by atoms with Crippen LogP contribution in [0.1, 0.15) is 31.2 Å². The van der Waals surface area contributed by atoms with Gasteiger partial charge >= 0.3 is 5.97 Å². The monoisotopic (exact) mass is 317 g/mol. The SMILES string of the molecule is CCC(C(=O)N1C[C@H]2COCC[C@@]2(C(=O)O)C1)c1ccccc1. The van der Waals surface area contributed by atoms with Crippen LogP contribution in [-0.2, 0) is 14.3 Å². The molecule has 0 aromatic heterocycles. The number of benzene rings is 1. The first-order valence-corrected chi connectivity index (χ1v) is 8.23. The predicted octanol–water partition coefficient (Wildman–Crippen LogP) is 2.13. The van der Waals surface area contributed by atoms with Crippen molar-refractivity contribution in [3.63, 3.8) is 0 Å². The Hall–Kier alpha value is -1.88. The van der Waals surface area contributed by atoms with E-state index in [0.29, 0.717) is 39.1 Å². The summed E-state index contributed by atoms with van der Waals surface area (Å²) in [6, 6.07) is 9.72. The second-order valence-corrected chi connectivity index (χ2v) is 6.57. The molecule has 5 nitrogen and oxygen atoms in total. The Morgan fingerprint density at radius 3 is 2.74 bits per heavy atom. The van der Waals surface area contributed by atoms with E-state index in [1.54, 1.807) is 4.90 Å². The molecular formula is C18H23NO4. The molecule has 2 aliphatic rings. The molecule has 2 heterocycles. The normalized spacial score (nSPS) is 28.2. The minimum absolute atomic E-state index is 0.0359. The van der Waals surface area contributed by atoms with Crippen LogP contribution < -0.4 is 0 Å². The predicted molar refractivity (Wildman–Crippen MR) is 85.0 cm³/mol. The number of hydrogen-bond acceptors (Lipinski definition) is 3. The van der Waals surface area contributed by atoms with Gasteiger partial charge in [-0.1, -0.05) is 37.3 Å². The van der Waals surface area contributed by atoms with Gasteiger partial charge < -0.3 is 14.7 Å². The maximum absolute atomic E-state index is 13.0. The fourth-order valence-corrected chi connectivity index (χ4v) is 3.93. The fraction of sp³-hybridized carbons (Fsp3) is 0.556. The summed E-state index contributed by atoms with van der Waals surface area (Å²) in [5.41, 5.74) is 0.165. The molecule has 3 rings (SSSR count). The highest BCUT2D eigenvalue weighted by Gasteiger charge is 2.55. The molecule has 0 spiro atoms. The number of aliphatic carboxylic acids is 1. The average Bonchev–Trinajstić information content (AvgIpc) is 2.97. The summed E-state index contributed by atoms with van der Waals surface area (Å²) in [5, 5.41) is 9.72. The lowest BCUT2D eigenvalue weighted by Crippen LogP contribution is -2.45. The van der Waals surface area contributed by atoms with Gasteiger partial charge in [0, 0.05) is 25.6 Å². The first-order chi connectivity index (χ1) is 11.1. The first kappa shape index (κ1) is 16.0. The number of rotatable bonds is 4. The van der Waals surface area contributed by atoms with Crippen LogP contribution in [0.25, 0.3) is 0 Å². The van der Waals surface area contributed by atoms with Gasteiger partial charge in [-0.15, -0.1) is 0 Å². The van der Waals surface area contributed by atoms with Crippen LogP contribution in [0, 0.1) is 11.3 Å². The number of fused-ring (bicyclic) bond motifs is 1. The van der Waals surface area contributed by atoms with E-state index in [0.717, 1.165) is 5.56 Å². The van der Waals surface area contributed by atoms with Gasteiger partial charge in [-0.3, -0.25) is 9.59 Å². The molecule has 1 aromatic carbocycles. The van der Waals surface area contributed by atoms with E-state index >= 15 is 0 Å². The number of amides is 1. The van der Waals surface area contributed by atoms with Crippen LogP contribution in [0.5, 0.6) is 0 Å². The van der Waals surface area contributed by atoms with E-state index in [-0.39, 0.29) is 17.7 Å². The standard InChI is InChI=1S/C18H23NO4/c1-2-15(13-6-4-3-5-7-13)16(20)19-10-14-11-23-9-8-18(14,12-19)17(21)22/h3-7,14-15H,2,8-12H2,1H3,(H,21,22)/t14-,15?,18+/m0/s1. The summed E-state index contributed by atoms with van der Waals surface area (Å²) >= 11 is 0. The number of likely N-dealkylation sites (tertiary alicyclic amines) is 1. The minimum atomic E-state index is -0.830. The Labute approximate surface area is 136 Å². The first-order valence-electron chi connectivity index (χ1n) is 8.23. The fourth-order valence-electron chi connectivity index (χ4n) is 3.93. The van der Waals surface area contributed by atoms with Crippen molar-refractivity contribution in [2.75, 3.05) is 26.3 Å². The Morgan fingerprint density at radius 2 is 2.13 bits per heavy atom. The summed E-state index contributed by atoms with van der Waals surface area (Å²) in [7, 11) is 0. The molecule has 0 aliphatic carbocycles. The Balaban J connectivity index is 1.82. The van der Waals surface area contributed by atoms with E-state index in [1.807, 2.05) is 37.3 Å².